The maximum absolute atomic E-state index is 11.9. The first-order chi connectivity index (χ1) is 7.84. The van der Waals surface area contributed by atoms with E-state index >= 15 is 0 Å². The van der Waals surface area contributed by atoms with E-state index in [9.17, 15) is 4.79 Å². The molecule has 0 radical (unpaired) electrons. The molecule has 1 aromatic carbocycles. The zero-order chi connectivity index (χ0) is 13.1. The highest BCUT2D eigenvalue weighted by atomic mass is 79.9. The maximum Gasteiger partial charge on any atom is 0.238 e. The largest absolute Gasteiger partial charge is 0.340 e. The molecule has 0 aliphatic carbocycles. The molecular weight excluding hydrogens is 280 g/mol. The van der Waals surface area contributed by atoms with Crippen molar-refractivity contribution in [1.29, 1.82) is 5.26 Å². The van der Waals surface area contributed by atoms with Crippen molar-refractivity contribution in [1.82, 2.24) is 4.90 Å². The minimum atomic E-state index is -0.547. The molecule has 1 rings (SSSR count). The first-order valence-electron chi connectivity index (χ1n) is 5.28. The lowest BCUT2D eigenvalue weighted by atomic mass is 10.1. The summed E-state index contributed by atoms with van der Waals surface area (Å²) in [6, 6.07) is 9.31. The van der Waals surface area contributed by atoms with Crippen molar-refractivity contribution in [2.45, 2.75) is 24.7 Å². The monoisotopic (exact) mass is 294 g/mol. The smallest absolute Gasteiger partial charge is 0.238 e. The Morgan fingerprint density at radius 1 is 1.41 bits per heavy atom. The predicted octanol–water partition coefficient (Wildman–Crippen LogP) is 2.69. The van der Waals surface area contributed by atoms with Crippen LogP contribution in [-0.2, 0) is 11.3 Å². The van der Waals surface area contributed by atoms with Gasteiger partial charge in [0.2, 0.25) is 5.91 Å². The predicted molar refractivity (Wildman–Crippen MR) is 70.6 cm³/mol. The minimum absolute atomic E-state index is 0.0295. The van der Waals surface area contributed by atoms with Gasteiger partial charge in [0.05, 0.1) is 16.0 Å². The highest BCUT2D eigenvalue weighted by Crippen LogP contribution is 2.19. The molecular formula is C13H15BrN2O. The van der Waals surface area contributed by atoms with Crippen LogP contribution < -0.4 is 0 Å². The number of nitriles is 1. The number of amides is 1. The number of carbonyl (C=O) groups excluding carboxylic acids is 1. The number of hydrogen-bond acceptors (Lipinski definition) is 2. The Kier molecular flexibility index (Phi) is 4.30. The summed E-state index contributed by atoms with van der Waals surface area (Å²) in [5, 5.41) is 8.68. The molecule has 0 fully saturated rings. The second-order valence-electron chi connectivity index (χ2n) is 4.44. The van der Waals surface area contributed by atoms with Crippen LogP contribution in [0.5, 0.6) is 0 Å². The number of alkyl halides is 1. The van der Waals surface area contributed by atoms with Gasteiger partial charge in [0.15, 0.2) is 0 Å². The van der Waals surface area contributed by atoms with Crippen LogP contribution in [0.2, 0.25) is 0 Å². The van der Waals surface area contributed by atoms with Crippen LogP contribution in [0.15, 0.2) is 24.3 Å². The standard InChI is InChI=1S/C13H15BrN2O/c1-13(2,14)12(17)16(3)9-11-6-4-10(8-15)5-7-11/h4-7H,9H2,1-3H3. The summed E-state index contributed by atoms with van der Waals surface area (Å²) in [5.41, 5.74) is 1.64. The fourth-order valence-electron chi connectivity index (χ4n) is 1.48. The van der Waals surface area contributed by atoms with Crippen molar-refractivity contribution in [3.63, 3.8) is 0 Å². The van der Waals surface area contributed by atoms with E-state index in [1.54, 1.807) is 24.1 Å². The van der Waals surface area contributed by atoms with Gasteiger partial charge in [-0.2, -0.15) is 5.26 Å². The Morgan fingerprint density at radius 2 is 1.94 bits per heavy atom. The molecule has 0 saturated carbocycles. The Bertz CT molecular complexity index is 440. The number of hydrogen-bond donors (Lipinski definition) is 0. The van der Waals surface area contributed by atoms with Gasteiger partial charge in [0.1, 0.15) is 0 Å². The highest BCUT2D eigenvalue weighted by molar-refractivity contribution is 9.10. The fraction of sp³-hybridized carbons (Fsp3) is 0.385. The van der Waals surface area contributed by atoms with Crippen molar-refractivity contribution in [3.8, 4) is 6.07 Å². The maximum atomic E-state index is 11.9. The van der Waals surface area contributed by atoms with Crippen molar-refractivity contribution >= 4 is 21.8 Å². The third-order valence-electron chi connectivity index (χ3n) is 2.36. The van der Waals surface area contributed by atoms with Crippen LogP contribution >= 0.6 is 15.9 Å². The first kappa shape index (κ1) is 13.7. The van der Waals surface area contributed by atoms with E-state index in [-0.39, 0.29) is 5.91 Å². The number of carbonyl (C=O) groups is 1. The molecule has 0 aliphatic heterocycles. The van der Waals surface area contributed by atoms with Crippen LogP contribution in [0, 0.1) is 11.3 Å². The Labute approximate surface area is 110 Å². The number of rotatable bonds is 3. The molecule has 0 aromatic heterocycles. The minimum Gasteiger partial charge on any atom is -0.340 e. The van der Waals surface area contributed by atoms with Crippen LogP contribution in [0.4, 0.5) is 0 Å². The molecule has 0 heterocycles. The lowest BCUT2D eigenvalue weighted by molar-refractivity contribution is -0.131. The summed E-state index contributed by atoms with van der Waals surface area (Å²) in [6.07, 6.45) is 0. The highest BCUT2D eigenvalue weighted by Gasteiger charge is 2.26. The van der Waals surface area contributed by atoms with Gasteiger partial charge in [-0.3, -0.25) is 4.79 Å². The topological polar surface area (TPSA) is 44.1 Å². The molecule has 0 saturated heterocycles. The molecule has 17 heavy (non-hydrogen) atoms. The molecule has 0 atom stereocenters. The molecule has 0 bridgehead atoms. The van der Waals surface area contributed by atoms with Crippen molar-refractivity contribution < 1.29 is 4.79 Å². The lowest BCUT2D eigenvalue weighted by Gasteiger charge is -2.24. The summed E-state index contributed by atoms with van der Waals surface area (Å²) < 4.78 is -0.547. The zero-order valence-corrected chi connectivity index (χ0v) is 11.8. The van der Waals surface area contributed by atoms with Gasteiger partial charge in [0, 0.05) is 13.6 Å². The van der Waals surface area contributed by atoms with Crippen LogP contribution in [0.3, 0.4) is 0 Å². The summed E-state index contributed by atoms with van der Waals surface area (Å²) in [7, 11) is 1.77. The molecule has 0 spiro atoms. The average Bonchev–Trinajstić information content (AvgIpc) is 2.27. The van der Waals surface area contributed by atoms with Crippen LogP contribution in [0.25, 0.3) is 0 Å². The Balaban J connectivity index is 2.72. The summed E-state index contributed by atoms with van der Waals surface area (Å²) in [6.45, 7) is 4.19. The molecule has 1 amide bonds. The summed E-state index contributed by atoms with van der Waals surface area (Å²) >= 11 is 3.35. The van der Waals surface area contributed by atoms with E-state index in [4.69, 9.17) is 5.26 Å². The van der Waals surface area contributed by atoms with Gasteiger partial charge >= 0.3 is 0 Å². The Morgan fingerprint density at radius 3 is 2.35 bits per heavy atom. The van der Waals surface area contributed by atoms with Crippen molar-refractivity contribution in [2.75, 3.05) is 7.05 Å². The third kappa shape index (κ3) is 3.86. The third-order valence-corrected chi connectivity index (χ3v) is 2.70. The number of benzene rings is 1. The molecule has 0 N–H and O–H groups in total. The second kappa shape index (κ2) is 5.33. The van der Waals surface area contributed by atoms with Crippen molar-refractivity contribution in [2.24, 2.45) is 0 Å². The first-order valence-corrected chi connectivity index (χ1v) is 6.07. The number of nitrogens with zero attached hydrogens (tertiary/aromatic N) is 2. The summed E-state index contributed by atoms with van der Waals surface area (Å²) in [4.78, 5) is 13.6. The van der Waals surface area contributed by atoms with E-state index in [0.717, 1.165) is 5.56 Å². The average molecular weight is 295 g/mol. The van der Waals surface area contributed by atoms with Gasteiger partial charge in [-0.25, -0.2) is 0 Å². The zero-order valence-electron chi connectivity index (χ0n) is 10.2. The SMILES string of the molecule is CN(Cc1ccc(C#N)cc1)C(=O)C(C)(C)Br. The molecule has 0 unspecified atom stereocenters. The Hall–Kier alpha value is -1.34. The van der Waals surface area contributed by atoms with Gasteiger partial charge in [-0.15, -0.1) is 0 Å². The normalized spacial score (nSPS) is 10.8. The van der Waals surface area contributed by atoms with E-state index in [2.05, 4.69) is 22.0 Å². The quantitative estimate of drug-likeness (QED) is 0.805. The van der Waals surface area contributed by atoms with Gasteiger partial charge in [-0.1, -0.05) is 28.1 Å². The second-order valence-corrected chi connectivity index (χ2v) is 6.42. The molecule has 4 heteroatoms. The number of halogens is 1. The van der Waals surface area contributed by atoms with E-state index in [0.29, 0.717) is 12.1 Å². The van der Waals surface area contributed by atoms with Gasteiger partial charge < -0.3 is 4.90 Å². The molecule has 90 valence electrons. The van der Waals surface area contributed by atoms with Crippen LogP contribution in [0.1, 0.15) is 25.0 Å². The van der Waals surface area contributed by atoms with Crippen molar-refractivity contribution in [3.05, 3.63) is 35.4 Å². The summed E-state index contributed by atoms with van der Waals surface area (Å²) in [5.74, 6) is 0.0295. The van der Waals surface area contributed by atoms with Crippen LogP contribution in [-0.4, -0.2) is 22.2 Å². The molecule has 1 aromatic rings. The van der Waals surface area contributed by atoms with E-state index in [1.807, 2.05) is 26.0 Å². The van der Waals surface area contributed by atoms with E-state index < -0.39 is 4.32 Å². The van der Waals surface area contributed by atoms with Gasteiger partial charge in [0.25, 0.3) is 0 Å². The van der Waals surface area contributed by atoms with E-state index in [1.165, 1.54) is 0 Å². The molecule has 3 nitrogen and oxygen atoms in total. The fourth-order valence-corrected chi connectivity index (χ4v) is 1.79. The molecule has 0 aliphatic rings. The van der Waals surface area contributed by atoms with Gasteiger partial charge in [-0.05, 0) is 31.5 Å². The lowest BCUT2D eigenvalue weighted by Crippen LogP contribution is -2.38.